The van der Waals surface area contributed by atoms with E-state index in [1.54, 1.807) is 7.11 Å². The summed E-state index contributed by atoms with van der Waals surface area (Å²) in [4.78, 5) is 25.2. The molecule has 2 unspecified atom stereocenters. The average Bonchev–Trinajstić information content (AvgIpc) is 2.60. The lowest BCUT2D eigenvalue weighted by Gasteiger charge is -2.33. The summed E-state index contributed by atoms with van der Waals surface area (Å²) in [7, 11) is 1.64. The van der Waals surface area contributed by atoms with E-state index < -0.39 is 5.97 Å². The second-order valence-corrected chi connectivity index (χ2v) is 6.66. The number of methoxy groups -OCH3 is 1. The number of ether oxygens (including phenoxy) is 1. The van der Waals surface area contributed by atoms with Crippen LogP contribution in [0.5, 0.6) is 5.75 Å². The first kappa shape index (κ1) is 18.3. The van der Waals surface area contributed by atoms with Crippen LogP contribution in [0.3, 0.4) is 0 Å². The number of carbonyl (C=O) groups is 2. The third kappa shape index (κ3) is 5.25. The number of amides is 1. The van der Waals surface area contributed by atoms with E-state index in [9.17, 15) is 9.59 Å². The van der Waals surface area contributed by atoms with Crippen molar-refractivity contribution < 1.29 is 19.4 Å². The van der Waals surface area contributed by atoms with Gasteiger partial charge in [0, 0.05) is 25.9 Å². The molecule has 0 spiro atoms. The molecule has 0 bridgehead atoms. The van der Waals surface area contributed by atoms with Gasteiger partial charge in [0.05, 0.1) is 7.11 Å². The Labute approximate surface area is 143 Å². The molecule has 5 heteroatoms. The minimum absolute atomic E-state index is 0.155. The minimum atomic E-state index is -0.758. The van der Waals surface area contributed by atoms with Crippen LogP contribution in [-0.4, -0.2) is 42.1 Å². The SMILES string of the molecule is COc1ccc(C(C)CC(=O)N2CCCC(CCC(=O)O)C2)cc1. The molecule has 1 aromatic carbocycles. The normalized spacial score (nSPS) is 18.9. The number of carbonyl (C=O) groups excluding carboxylic acids is 1. The molecule has 0 saturated carbocycles. The molecule has 5 nitrogen and oxygen atoms in total. The number of rotatable bonds is 7. The van der Waals surface area contributed by atoms with Crippen LogP contribution in [0.25, 0.3) is 0 Å². The zero-order valence-electron chi connectivity index (χ0n) is 14.5. The first-order valence-corrected chi connectivity index (χ1v) is 8.63. The van der Waals surface area contributed by atoms with Crippen molar-refractivity contribution in [3.8, 4) is 5.75 Å². The Morgan fingerprint density at radius 1 is 1.33 bits per heavy atom. The second-order valence-electron chi connectivity index (χ2n) is 6.66. The zero-order valence-corrected chi connectivity index (χ0v) is 14.5. The van der Waals surface area contributed by atoms with E-state index >= 15 is 0 Å². The van der Waals surface area contributed by atoms with Gasteiger partial charge in [-0.25, -0.2) is 0 Å². The number of carboxylic acid groups (broad SMARTS) is 1. The first-order valence-electron chi connectivity index (χ1n) is 8.63. The second kappa shape index (κ2) is 8.71. The Kier molecular flexibility index (Phi) is 6.64. The fourth-order valence-corrected chi connectivity index (χ4v) is 3.30. The van der Waals surface area contributed by atoms with Gasteiger partial charge in [0.1, 0.15) is 5.75 Å². The van der Waals surface area contributed by atoms with Gasteiger partial charge in [-0.2, -0.15) is 0 Å². The number of nitrogens with zero attached hydrogens (tertiary/aromatic N) is 1. The lowest BCUT2D eigenvalue weighted by Crippen LogP contribution is -2.40. The van der Waals surface area contributed by atoms with Gasteiger partial charge in [0.2, 0.25) is 5.91 Å². The monoisotopic (exact) mass is 333 g/mol. The summed E-state index contributed by atoms with van der Waals surface area (Å²) in [6, 6.07) is 7.84. The number of aliphatic carboxylic acids is 1. The van der Waals surface area contributed by atoms with Crippen LogP contribution in [0, 0.1) is 5.92 Å². The first-order chi connectivity index (χ1) is 11.5. The maximum Gasteiger partial charge on any atom is 0.303 e. The van der Waals surface area contributed by atoms with Crippen LogP contribution < -0.4 is 4.74 Å². The molecule has 1 fully saturated rings. The fourth-order valence-electron chi connectivity index (χ4n) is 3.30. The van der Waals surface area contributed by atoms with Gasteiger partial charge in [0.15, 0.2) is 0 Å². The van der Waals surface area contributed by atoms with E-state index in [2.05, 4.69) is 6.92 Å². The molecular weight excluding hydrogens is 306 g/mol. The topological polar surface area (TPSA) is 66.8 Å². The molecule has 1 N–H and O–H groups in total. The van der Waals surface area contributed by atoms with E-state index in [0.29, 0.717) is 25.3 Å². The summed E-state index contributed by atoms with van der Waals surface area (Å²) in [6.45, 7) is 3.55. The van der Waals surface area contributed by atoms with Crippen LogP contribution in [0.2, 0.25) is 0 Å². The van der Waals surface area contributed by atoms with Crippen molar-refractivity contribution in [1.29, 1.82) is 0 Å². The molecule has 1 aliphatic rings. The van der Waals surface area contributed by atoms with Crippen molar-refractivity contribution in [2.75, 3.05) is 20.2 Å². The Hall–Kier alpha value is -2.04. The molecule has 24 heavy (non-hydrogen) atoms. The van der Waals surface area contributed by atoms with Gasteiger partial charge in [-0.1, -0.05) is 19.1 Å². The summed E-state index contributed by atoms with van der Waals surface area (Å²) in [6.07, 6.45) is 3.32. The highest BCUT2D eigenvalue weighted by atomic mass is 16.5. The highest BCUT2D eigenvalue weighted by molar-refractivity contribution is 5.77. The van der Waals surface area contributed by atoms with Crippen LogP contribution in [0.1, 0.15) is 50.5 Å². The largest absolute Gasteiger partial charge is 0.497 e. The van der Waals surface area contributed by atoms with Crippen LogP contribution in [-0.2, 0) is 9.59 Å². The van der Waals surface area contributed by atoms with Crippen molar-refractivity contribution in [2.24, 2.45) is 5.92 Å². The maximum absolute atomic E-state index is 12.6. The van der Waals surface area contributed by atoms with E-state index in [1.165, 1.54) is 0 Å². The summed E-state index contributed by atoms with van der Waals surface area (Å²) < 4.78 is 5.16. The molecule has 0 aromatic heterocycles. The summed E-state index contributed by atoms with van der Waals surface area (Å²) in [5, 5.41) is 8.81. The molecule has 1 aromatic rings. The lowest BCUT2D eigenvalue weighted by atomic mass is 9.92. The fraction of sp³-hybridized carbons (Fsp3) is 0.579. The number of likely N-dealkylation sites (tertiary alicyclic amines) is 1. The molecule has 1 aliphatic heterocycles. The van der Waals surface area contributed by atoms with Crippen molar-refractivity contribution in [3.05, 3.63) is 29.8 Å². The molecule has 2 rings (SSSR count). The maximum atomic E-state index is 12.6. The number of benzene rings is 1. The van der Waals surface area contributed by atoms with E-state index in [0.717, 1.165) is 30.7 Å². The highest BCUT2D eigenvalue weighted by Gasteiger charge is 2.25. The van der Waals surface area contributed by atoms with Crippen molar-refractivity contribution >= 4 is 11.9 Å². The number of hydrogen-bond acceptors (Lipinski definition) is 3. The standard InChI is InChI=1S/C19H27NO4/c1-14(16-6-8-17(24-2)9-7-16)12-18(21)20-11-3-4-15(13-20)5-10-19(22)23/h6-9,14-15H,3-5,10-13H2,1-2H3,(H,22,23). The Morgan fingerprint density at radius 2 is 2.04 bits per heavy atom. The van der Waals surface area contributed by atoms with Crippen LogP contribution in [0.4, 0.5) is 0 Å². The van der Waals surface area contributed by atoms with E-state index in [1.807, 2.05) is 29.2 Å². The van der Waals surface area contributed by atoms with Crippen LogP contribution in [0.15, 0.2) is 24.3 Å². The van der Waals surface area contributed by atoms with Gasteiger partial charge in [0.25, 0.3) is 0 Å². The number of piperidine rings is 1. The third-order valence-corrected chi connectivity index (χ3v) is 4.80. The van der Waals surface area contributed by atoms with Crippen molar-refractivity contribution in [1.82, 2.24) is 4.90 Å². The number of carboxylic acids is 1. The van der Waals surface area contributed by atoms with Gasteiger partial charge in [-0.15, -0.1) is 0 Å². The van der Waals surface area contributed by atoms with Crippen LogP contribution >= 0.6 is 0 Å². The quantitative estimate of drug-likeness (QED) is 0.831. The van der Waals surface area contributed by atoms with Crippen molar-refractivity contribution in [3.63, 3.8) is 0 Å². The number of hydrogen-bond donors (Lipinski definition) is 1. The zero-order chi connectivity index (χ0) is 17.5. The summed E-state index contributed by atoms with van der Waals surface area (Å²) in [5.41, 5.74) is 1.13. The Bertz CT molecular complexity index is 555. The molecule has 1 heterocycles. The lowest BCUT2D eigenvalue weighted by molar-refractivity contribution is -0.137. The third-order valence-electron chi connectivity index (χ3n) is 4.80. The van der Waals surface area contributed by atoms with E-state index in [-0.39, 0.29) is 18.2 Å². The molecule has 0 aliphatic carbocycles. The molecule has 132 valence electrons. The van der Waals surface area contributed by atoms with Gasteiger partial charge >= 0.3 is 5.97 Å². The smallest absolute Gasteiger partial charge is 0.303 e. The Morgan fingerprint density at radius 3 is 2.67 bits per heavy atom. The summed E-state index contributed by atoms with van der Waals surface area (Å²) >= 11 is 0. The predicted octanol–water partition coefficient (Wildman–Crippen LogP) is 3.29. The predicted molar refractivity (Wildman–Crippen MR) is 92.2 cm³/mol. The Balaban J connectivity index is 1.87. The molecule has 2 atom stereocenters. The van der Waals surface area contributed by atoms with Gasteiger partial charge in [-0.05, 0) is 48.8 Å². The van der Waals surface area contributed by atoms with Gasteiger partial charge in [-0.3, -0.25) is 9.59 Å². The molecule has 1 saturated heterocycles. The average molecular weight is 333 g/mol. The van der Waals surface area contributed by atoms with E-state index in [4.69, 9.17) is 9.84 Å². The van der Waals surface area contributed by atoms with Gasteiger partial charge < -0.3 is 14.7 Å². The molecule has 1 amide bonds. The molecular formula is C19H27NO4. The highest BCUT2D eigenvalue weighted by Crippen LogP contribution is 2.25. The summed E-state index contributed by atoms with van der Waals surface area (Å²) in [5.74, 6) is 0.692. The van der Waals surface area contributed by atoms with Crippen molar-refractivity contribution in [2.45, 2.75) is 44.9 Å². The minimum Gasteiger partial charge on any atom is -0.497 e. The molecule has 0 radical (unpaired) electrons.